The lowest BCUT2D eigenvalue weighted by Crippen LogP contribution is -2.15. The van der Waals surface area contributed by atoms with Gasteiger partial charge in [-0.1, -0.05) is 36.4 Å². The summed E-state index contributed by atoms with van der Waals surface area (Å²) in [6, 6.07) is 18.6. The molecule has 0 saturated heterocycles. The predicted octanol–water partition coefficient (Wildman–Crippen LogP) is 4.90. The second kappa shape index (κ2) is 10.2. The maximum atomic E-state index is 13.0. The number of hydrogen-bond donors (Lipinski definition) is 1. The van der Waals surface area contributed by atoms with E-state index in [1.165, 1.54) is 30.3 Å². The van der Waals surface area contributed by atoms with Crippen LogP contribution in [0.15, 0.2) is 72.8 Å². The van der Waals surface area contributed by atoms with E-state index >= 15 is 0 Å². The van der Waals surface area contributed by atoms with Crippen molar-refractivity contribution in [2.75, 3.05) is 13.2 Å². The summed E-state index contributed by atoms with van der Waals surface area (Å²) in [4.78, 5) is 25.1. The number of ketones is 1. The SMILES string of the molecule is CCOc1cc(/C=C(/C(=O)OCC(=O)c2ccc(F)cc2)c2ccccc2)ccc1O. The van der Waals surface area contributed by atoms with Gasteiger partial charge in [0.2, 0.25) is 0 Å². The van der Waals surface area contributed by atoms with Crippen LogP contribution in [0, 0.1) is 5.82 Å². The molecule has 0 heterocycles. The second-order valence-electron chi connectivity index (χ2n) is 6.59. The number of ether oxygens (including phenoxy) is 2. The average Bonchev–Trinajstić information content (AvgIpc) is 2.79. The third kappa shape index (κ3) is 5.79. The van der Waals surface area contributed by atoms with Gasteiger partial charge in [-0.25, -0.2) is 9.18 Å². The van der Waals surface area contributed by atoms with Crippen molar-refractivity contribution in [2.45, 2.75) is 6.92 Å². The van der Waals surface area contributed by atoms with Gasteiger partial charge in [0, 0.05) is 5.56 Å². The third-order valence-electron chi connectivity index (χ3n) is 4.40. The molecule has 0 spiro atoms. The molecule has 3 aromatic carbocycles. The van der Waals surface area contributed by atoms with Gasteiger partial charge in [0.25, 0.3) is 0 Å². The van der Waals surface area contributed by atoms with Gasteiger partial charge >= 0.3 is 5.97 Å². The minimum Gasteiger partial charge on any atom is -0.504 e. The Morgan fingerprint density at radius 3 is 2.35 bits per heavy atom. The van der Waals surface area contributed by atoms with E-state index in [1.54, 1.807) is 49.4 Å². The Balaban J connectivity index is 1.85. The number of halogens is 1. The Morgan fingerprint density at radius 1 is 0.968 bits per heavy atom. The van der Waals surface area contributed by atoms with Gasteiger partial charge in [-0.3, -0.25) is 4.79 Å². The predicted molar refractivity (Wildman–Crippen MR) is 115 cm³/mol. The minimum absolute atomic E-state index is 0.00673. The molecule has 0 radical (unpaired) electrons. The van der Waals surface area contributed by atoms with E-state index in [9.17, 15) is 19.1 Å². The molecular formula is C25H21FO5. The molecule has 0 amide bonds. The molecule has 0 atom stereocenters. The summed E-state index contributed by atoms with van der Waals surface area (Å²) in [6.45, 7) is 1.70. The molecule has 3 rings (SSSR count). The van der Waals surface area contributed by atoms with E-state index in [4.69, 9.17) is 9.47 Å². The highest BCUT2D eigenvalue weighted by atomic mass is 19.1. The fourth-order valence-electron chi connectivity index (χ4n) is 2.86. The molecule has 5 nitrogen and oxygen atoms in total. The van der Waals surface area contributed by atoms with Gasteiger partial charge in [0.05, 0.1) is 12.2 Å². The highest BCUT2D eigenvalue weighted by Crippen LogP contribution is 2.29. The Hall–Kier alpha value is -3.93. The number of phenolic OH excluding ortho intramolecular Hbond substituents is 1. The van der Waals surface area contributed by atoms with E-state index in [-0.39, 0.29) is 16.9 Å². The molecule has 1 N–H and O–H groups in total. The number of aromatic hydroxyl groups is 1. The quantitative estimate of drug-likeness (QED) is 0.243. The monoisotopic (exact) mass is 420 g/mol. The van der Waals surface area contributed by atoms with Crippen LogP contribution in [0.3, 0.4) is 0 Å². The number of esters is 1. The zero-order valence-corrected chi connectivity index (χ0v) is 16.9. The van der Waals surface area contributed by atoms with Gasteiger partial charge in [-0.15, -0.1) is 0 Å². The molecule has 31 heavy (non-hydrogen) atoms. The molecule has 0 unspecified atom stereocenters. The van der Waals surface area contributed by atoms with Gasteiger partial charge in [0.1, 0.15) is 5.82 Å². The lowest BCUT2D eigenvalue weighted by molar-refractivity contribution is -0.135. The average molecular weight is 420 g/mol. The second-order valence-corrected chi connectivity index (χ2v) is 6.59. The van der Waals surface area contributed by atoms with E-state index < -0.39 is 24.2 Å². The first-order chi connectivity index (χ1) is 15.0. The van der Waals surface area contributed by atoms with Crippen molar-refractivity contribution < 1.29 is 28.6 Å². The summed E-state index contributed by atoms with van der Waals surface area (Å²) in [5.41, 5.74) is 1.70. The number of benzene rings is 3. The highest BCUT2D eigenvalue weighted by Gasteiger charge is 2.17. The van der Waals surface area contributed by atoms with Crippen molar-refractivity contribution in [3.63, 3.8) is 0 Å². The number of hydrogen-bond acceptors (Lipinski definition) is 5. The van der Waals surface area contributed by atoms with Crippen molar-refractivity contribution in [3.8, 4) is 11.5 Å². The summed E-state index contributed by atoms with van der Waals surface area (Å²) < 4.78 is 23.7. The molecular weight excluding hydrogens is 399 g/mol. The topological polar surface area (TPSA) is 72.8 Å². The molecule has 0 fully saturated rings. The normalized spacial score (nSPS) is 11.1. The lowest BCUT2D eigenvalue weighted by atomic mass is 10.0. The van der Waals surface area contributed by atoms with Crippen LogP contribution in [0.4, 0.5) is 4.39 Å². The molecule has 0 aliphatic carbocycles. The number of carbonyl (C=O) groups is 2. The van der Waals surface area contributed by atoms with Crippen LogP contribution in [0.2, 0.25) is 0 Å². The van der Waals surface area contributed by atoms with Gasteiger partial charge in [-0.05, 0) is 60.5 Å². The highest BCUT2D eigenvalue weighted by molar-refractivity contribution is 6.22. The Labute approximate surface area is 179 Å². The molecule has 0 bridgehead atoms. The number of rotatable bonds is 8. The van der Waals surface area contributed by atoms with E-state index in [0.29, 0.717) is 23.5 Å². The molecule has 3 aromatic rings. The molecule has 158 valence electrons. The van der Waals surface area contributed by atoms with Crippen molar-refractivity contribution in [1.82, 2.24) is 0 Å². The van der Waals surface area contributed by atoms with E-state index in [1.807, 2.05) is 6.07 Å². The van der Waals surface area contributed by atoms with Crippen molar-refractivity contribution in [1.29, 1.82) is 0 Å². The van der Waals surface area contributed by atoms with Crippen LogP contribution in [-0.4, -0.2) is 30.1 Å². The molecule has 0 aromatic heterocycles. The van der Waals surface area contributed by atoms with Crippen molar-refractivity contribution in [3.05, 3.63) is 95.3 Å². The smallest absolute Gasteiger partial charge is 0.339 e. The van der Waals surface area contributed by atoms with Crippen LogP contribution in [-0.2, 0) is 9.53 Å². The van der Waals surface area contributed by atoms with Crippen LogP contribution in [0.5, 0.6) is 11.5 Å². The fourth-order valence-corrected chi connectivity index (χ4v) is 2.86. The standard InChI is InChI=1S/C25H21FO5/c1-2-30-24-15-17(8-13-22(24)27)14-21(18-6-4-3-5-7-18)25(29)31-16-23(28)19-9-11-20(26)12-10-19/h3-15,27H,2,16H2,1H3/b21-14+. The van der Waals surface area contributed by atoms with Crippen LogP contribution >= 0.6 is 0 Å². The number of carbonyl (C=O) groups excluding carboxylic acids is 2. The maximum absolute atomic E-state index is 13.0. The first-order valence-corrected chi connectivity index (χ1v) is 9.66. The van der Waals surface area contributed by atoms with Gasteiger partial charge in [0.15, 0.2) is 23.9 Å². The van der Waals surface area contributed by atoms with Gasteiger partial charge in [-0.2, -0.15) is 0 Å². The Kier molecular flexibility index (Phi) is 7.17. The Bertz CT molecular complexity index is 1090. The number of Topliss-reactive ketones (excluding diaryl/α,β-unsaturated/α-hetero) is 1. The zero-order valence-electron chi connectivity index (χ0n) is 16.9. The molecule has 0 aliphatic rings. The third-order valence-corrected chi connectivity index (χ3v) is 4.40. The summed E-state index contributed by atoms with van der Waals surface area (Å²) in [7, 11) is 0. The summed E-state index contributed by atoms with van der Waals surface area (Å²) >= 11 is 0. The lowest BCUT2D eigenvalue weighted by Gasteiger charge is -2.10. The van der Waals surface area contributed by atoms with Crippen LogP contribution in [0.25, 0.3) is 11.6 Å². The summed E-state index contributed by atoms with van der Waals surface area (Å²) in [5, 5.41) is 9.90. The largest absolute Gasteiger partial charge is 0.504 e. The molecule has 6 heteroatoms. The zero-order chi connectivity index (χ0) is 22.2. The van der Waals surface area contributed by atoms with Gasteiger partial charge < -0.3 is 14.6 Å². The van der Waals surface area contributed by atoms with E-state index in [0.717, 1.165) is 0 Å². The van der Waals surface area contributed by atoms with Crippen LogP contribution < -0.4 is 4.74 Å². The minimum atomic E-state index is -0.687. The maximum Gasteiger partial charge on any atom is 0.339 e. The number of phenols is 1. The van der Waals surface area contributed by atoms with Crippen LogP contribution in [0.1, 0.15) is 28.4 Å². The summed E-state index contributed by atoms with van der Waals surface area (Å²) in [5.74, 6) is -1.30. The fraction of sp³-hybridized carbons (Fsp3) is 0.120. The first-order valence-electron chi connectivity index (χ1n) is 9.66. The first kappa shape index (κ1) is 21.8. The molecule has 0 aliphatic heterocycles. The van der Waals surface area contributed by atoms with Crippen molar-refractivity contribution in [2.24, 2.45) is 0 Å². The summed E-state index contributed by atoms with van der Waals surface area (Å²) in [6.07, 6.45) is 1.60. The van der Waals surface area contributed by atoms with E-state index in [2.05, 4.69) is 0 Å². The van der Waals surface area contributed by atoms with Crippen molar-refractivity contribution >= 4 is 23.4 Å². The Morgan fingerprint density at radius 2 is 1.68 bits per heavy atom. The molecule has 0 saturated carbocycles.